The van der Waals surface area contributed by atoms with Crippen molar-refractivity contribution in [2.24, 2.45) is 0 Å². The van der Waals surface area contributed by atoms with Gasteiger partial charge in [0.15, 0.2) is 5.65 Å². The maximum atomic E-state index is 12.8. The fourth-order valence-electron chi connectivity index (χ4n) is 3.35. The summed E-state index contributed by atoms with van der Waals surface area (Å²) in [7, 11) is 1.76. The molecule has 1 saturated heterocycles. The second kappa shape index (κ2) is 8.00. The molecule has 3 aromatic heterocycles. The first-order valence-electron chi connectivity index (χ1n) is 10.1. The zero-order chi connectivity index (χ0) is 21.4. The van der Waals surface area contributed by atoms with E-state index < -0.39 is 12.1 Å². The number of aromatic nitrogens is 4. The number of rotatable bonds is 7. The van der Waals surface area contributed by atoms with Crippen molar-refractivity contribution in [1.82, 2.24) is 24.9 Å². The number of carbonyl (C=O) groups is 1. The number of ether oxygens (including phenoxy) is 2. The van der Waals surface area contributed by atoms with Crippen molar-refractivity contribution in [1.29, 1.82) is 0 Å². The number of nitrogens with zero attached hydrogens (tertiary/aromatic N) is 4. The van der Waals surface area contributed by atoms with Crippen LogP contribution in [0.2, 0.25) is 0 Å². The van der Waals surface area contributed by atoms with Gasteiger partial charge in [0.1, 0.15) is 29.0 Å². The van der Waals surface area contributed by atoms with Gasteiger partial charge >= 0.3 is 0 Å². The van der Waals surface area contributed by atoms with E-state index in [0.29, 0.717) is 34.4 Å². The molecule has 1 amide bonds. The molecular weight excluding hydrogens is 402 g/mol. The van der Waals surface area contributed by atoms with Crippen LogP contribution in [0.15, 0.2) is 30.6 Å². The zero-order valence-electron chi connectivity index (χ0n) is 16.9. The smallest absolute Gasteiger partial charge is 0.257 e. The van der Waals surface area contributed by atoms with E-state index in [-0.39, 0.29) is 25.2 Å². The van der Waals surface area contributed by atoms with Gasteiger partial charge in [-0.25, -0.2) is 9.97 Å². The third-order valence-electron chi connectivity index (χ3n) is 5.18. The van der Waals surface area contributed by atoms with Gasteiger partial charge in [0.25, 0.3) is 5.91 Å². The van der Waals surface area contributed by atoms with Gasteiger partial charge in [0, 0.05) is 19.3 Å². The summed E-state index contributed by atoms with van der Waals surface area (Å²) in [6.45, 7) is 0.463. The number of carbonyl (C=O) groups excluding carboxylic acids is 1. The van der Waals surface area contributed by atoms with Crippen molar-refractivity contribution in [2.75, 3.05) is 30.9 Å². The molecule has 1 aliphatic heterocycles. The molecular formula is C20H23N7O4. The van der Waals surface area contributed by atoms with Crippen molar-refractivity contribution in [3.05, 3.63) is 36.2 Å². The molecule has 4 heterocycles. The van der Waals surface area contributed by atoms with Crippen molar-refractivity contribution in [3.8, 4) is 5.88 Å². The normalized spacial score (nSPS) is 20.6. The lowest BCUT2D eigenvalue weighted by atomic mass is 10.2. The van der Waals surface area contributed by atoms with Crippen LogP contribution in [0.25, 0.3) is 5.65 Å². The van der Waals surface area contributed by atoms with Gasteiger partial charge in [0.2, 0.25) is 5.88 Å². The van der Waals surface area contributed by atoms with E-state index >= 15 is 0 Å². The Morgan fingerprint density at radius 2 is 2.23 bits per heavy atom. The predicted octanol–water partition coefficient (Wildman–Crippen LogP) is 0.940. The summed E-state index contributed by atoms with van der Waals surface area (Å²) in [5, 5.41) is 23.3. The Morgan fingerprint density at radius 3 is 2.97 bits per heavy atom. The van der Waals surface area contributed by atoms with Gasteiger partial charge in [-0.3, -0.25) is 4.79 Å². The van der Waals surface area contributed by atoms with Gasteiger partial charge in [-0.15, -0.1) is 0 Å². The first-order chi connectivity index (χ1) is 15.1. The average molecular weight is 425 g/mol. The first kappa shape index (κ1) is 19.5. The minimum atomic E-state index is -0.737. The van der Waals surface area contributed by atoms with Gasteiger partial charge < -0.3 is 30.5 Å². The molecule has 2 atom stereocenters. The fourth-order valence-corrected chi connectivity index (χ4v) is 3.35. The van der Waals surface area contributed by atoms with Crippen molar-refractivity contribution >= 4 is 28.9 Å². The Kier molecular flexibility index (Phi) is 5.04. The zero-order valence-corrected chi connectivity index (χ0v) is 16.9. The molecule has 11 nitrogen and oxygen atoms in total. The van der Waals surface area contributed by atoms with Crippen molar-refractivity contribution < 1.29 is 19.4 Å². The molecule has 11 heteroatoms. The molecule has 4 N–H and O–H groups in total. The second-order valence-corrected chi connectivity index (χ2v) is 7.55. The second-order valence-electron chi connectivity index (χ2n) is 7.55. The minimum Gasteiger partial charge on any atom is -0.473 e. The molecule has 0 radical (unpaired) electrons. The summed E-state index contributed by atoms with van der Waals surface area (Å²) in [5.74, 6) is 1.28. The summed E-state index contributed by atoms with van der Waals surface area (Å²) in [6.07, 6.45) is 4.66. The Bertz CT molecular complexity index is 1110. The largest absolute Gasteiger partial charge is 0.473 e. The SMILES string of the molecule is CNc1cc(Nc2cccnc2OC2CC2)nc2c(C(=O)N[C@@H]3COC[C@@H]3O)cnn12. The minimum absolute atomic E-state index is 0.201. The van der Waals surface area contributed by atoms with E-state index in [1.165, 1.54) is 6.20 Å². The number of hydrogen-bond acceptors (Lipinski definition) is 9. The lowest BCUT2D eigenvalue weighted by Crippen LogP contribution is -2.42. The topological polar surface area (TPSA) is 135 Å². The monoisotopic (exact) mass is 425 g/mol. The van der Waals surface area contributed by atoms with Gasteiger partial charge in [-0.05, 0) is 25.0 Å². The van der Waals surface area contributed by atoms with Crippen LogP contribution in [0.5, 0.6) is 5.88 Å². The van der Waals surface area contributed by atoms with Gasteiger partial charge in [0.05, 0.1) is 31.6 Å². The summed E-state index contributed by atoms with van der Waals surface area (Å²) < 4.78 is 12.6. The molecule has 2 aliphatic rings. The van der Waals surface area contributed by atoms with Gasteiger partial charge in [-0.2, -0.15) is 9.61 Å². The highest BCUT2D eigenvalue weighted by molar-refractivity contribution is 6.00. The first-order valence-corrected chi connectivity index (χ1v) is 10.1. The molecule has 0 bridgehead atoms. The van der Waals surface area contributed by atoms with Crippen molar-refractivity contribution in [3.63, 3.8) is 0 Å². The number of aliphatic hydroxyl groups excluding tert-OH is 1. The molecule has 1 saturated carbocycles. The molecule has 162 valence electrons. The molecule has 0 spiro atoms. The Labute approximate surface area is 177 Å². The standard InChI is InChI=1S/C20H23N7O4/c1-21-17-7-16(24-13-3-2-6-22-20(13)31-11-4-5-11)26-18-12(8-23-27(17)18)19(29)25-14-9-30-10-15(14)28/h2-3,6-8,11,14-15,21,28H,4-5,9-10H2,1H3,(H,24,26)(H,25,29)/t14-,15+/m1/s1. The summed E-state index contributed by atoms with van der Waals surface area (Å²) >= 11 is 0. The number of aliphatic hydroxyl groups is 1. The molecule has 3 aromatic rings. The summed E-state index contributed by atoms with van der Waals surface area (Å²) in [4.78, 5) is 21.7. The van der Waals surface area contributed by atoms with E-state index in [2.05, 4.69) is 31.0 Å². The van der Waals surface area contributed by atoms with Crippen LogP contribution in [-0.2, 0) is 4.74 Å². The number of hydrogen-bond donors (Lipinski definition) is 4. The molecule has 0 aromatic carbocycles. The van der Waals surface area contributed by atoms with Crippen LogP contribution in [0.1, 0.15) is 23.2 Å². The Hall–Kier alpha value is -3.44. The number of fused-ring (bicyclic) bond motifs is 1. The fraction of sp³-hybridized carbons (Fsp3) is 0.400. The third-order valence-corrected chi connectivity index (χ3v) is 5.18. The van der Waals surface area contributed by atoms with Crippen LogP contribution in [-0.4, -0.2) is 69.1 Å². The Balaban J connectivity index is 1.46. The van der Waals surface area contributed by atoms with E-state index in [4.69, 9.17) is 9.47 Å². The van der Waals surface area contributed by atoms with Crippen LogP contribution in [0.4, 0.5) is 17.3 Å². The van der Waals surface area contributed by atoms with Gasteiger partial charge in [-0.1, -0.05) is 0 Å². The summed E-state index contributed by atoms with van der Waals surface area (Å²) in [6, 6.07) is 4.99. The quantitative estimate of drug-likeness (QED) is 0.436. The number of nitrogens with one attached hydrogen (secondary N) is 3. The molecule has 5 rings (SSSR count). The third kappa shape index (κ3) is 3.97. The molecule has 31 heavy (non-hydrogen) atoms. The molecule has 0 unspecified atom stereocenters. The Morgan fingerprint density at radius 1 is 1.35 bits per heavy atom. The highest BCUT2D eigenvalue weighted by Crippen LogP contribution is 2.32. The number of amides is 1. The highest BCUT2D eigenvalue weighted by Gasteiger charge is 2.29. The predicted molar refractivity (Wildman–Crippen MR) is 112 cm³/mol. The average Bonchev–Trinajstić information content (AvgIpc) is 3.34. The number of anilines is 3. The molecule has 1 aliphatic carbocycles. The molecule has 2 fully saturated rings. The van der Waals surface area contributed by atoms with Crippen LogP contribution in [0.3, 0.4) is 0 Å². The van der Waals surface area contributed by atoms with E-state index in [9.17, 15) is 9.90 Å². The number of pyridine rings is 1. The van der Waals surface area contributed by atoms with Crippen LogP contribution >= 0.6 is 0 Å². The maximum Gasteiger partial charge on any atom is 0.257 e. The summed E-state index contributed by atoms with van der Waals surface area (Å²) in [5.41, 5.74) is 1.35. The lowest BCUT2D eigenvalue weighted by Gasteiger charge is -2.14. The van der Waals surface area contributed by atoms with Crippen LogP contribution < -0.4 is 20.7 Å². The van der Waals surface area contributed by atoms with Crippen LogP contribution in [0, 0.1) is 0 Å². The lowest BCUT2D eigenvalue weighted by molar-refractivity contribution is 0.0888. The highest BCUT2D eigenvalue weighted by atomic mass is 16.5. The van der Waals surface area contributed by atoms with E-state index in [0.717, 1.165) is 12.8 Å². The van der Waals surface area contributed by atoms with Crippen molar-refractivity contribution in [2.45, 2.75) is 31.1 Å². The van der Waals surface area contributed by atoms with E-state index in [1.54, 1.807) is 23.8 Å². The van der Waals surface area contributed by atoms with E-state index in [1.807, 2.05) is 12.1 Å². The maximum absolute atomic E-state index is 12.8.